The molecule has 0 bridgehead atoms. The van der Waals surface area contributed by atoms with Crippen LogP contribution in [0.4, 0.5) is 0 Å². The molecule has 0 rings (SSSR count). The molecule has 0 aromatic carbocycles. The highest BCUT2D eigenvalue weighted by molar-refractivity contribution is 6.18. The van der Waals surface area contributed by atoms with Crippen molar-refractivity contribution in [1.82, 2.24) is 0 Å². The third-order valence-corrected chi connectivity index (χ3v) is 1.45. The van der Waals surface area contributed by atoms with Gasteiger partial charge in [0, 0.05) is 0 Å². The van der Waals surface area contributed by atoms with Gasteiger partial charge in [-0.15, -0.1) is 18.2 Å². The largest absolute Gasteiger partial charge is 0.389 e. The van der Waals surface area contributed by atoms with E-state index >= 15 is 0 Å². The number of rotatable bonds is 8. The molecule has 12 heavy (non-hydrogen) atoms. The van der Waals surface area contributed by atoms with Gasteiger partial charge in [-0.3, -0.25) is 0 Å². The number of alkyl halides is 1. The molecular formula is C8H15ClO3. The van der Waals surface area contributed by atoms with Crippen molar-refractivity contribution >= 4 is 11.6 Å². The third-order valence-electron chi connectivity index (χ3n) is 1.10. The average Bonchev–Trinajstić information content (AvgIpc) is 2.10. The molecule has 1 atom stereocenters. The Labute approximate surface area is 77.9 Å². The highest BCUT2D eigenvalue weighted by atomic mass is 35.5. The van der Waals surface area contributed by atoms with E-state index in [1.807, 2.05) is 0 Å². The Morgan fingerprint density at radius 2 is 2.08 bits per heavy atom. The monoisotopic (exact) mass is 194 g/mol. The molecule has 0 aliphatic heterocycles. The molecule has 0 aliphatic rings. The molecule has 1 N–H and O–H groups in total. The minimum Gasteiger partial charge on any atom is -0.389 e. The van der Waals surface area contributed by atoms with Crippen molar-refractivity contribution < 1.29 is 14.6 Å². The minimum atomic E-state index is -0.578. The van der Waals surface area contributed by atoms with Crippen LogP contribution in [0.15, 0.2) is 12.7 Å². The van der Waals surface area contributed by atoms with Crippen molar-refractivity contribution in [3.8, 4) is 0 Å². The second-order valence-corrected chi connectivity index (χ2v) is 2.56. The fourth-order valence-electron chi connectivity index (χ4n) is 0.548. The Balaban J connectivity index is 2.95. The molecule has 0 aliphatic carbocycles. The molecule has 4 heteroatoms. The van der Waals surface area contributed by atoms with Gasteiger partial charge in [0.05, 0.1) is 38.4 Å². The first-order valence-electron chi connectivity index (χ1n) is 3.81. The number of aliphatic hydroxyl groups is 1. The minimum absolute atomic E-state index is 0.202. The van der Waals surface area contributed by atoms with Crippen molar-refractivity contribution in [2.75, 3.05) is 32.3 Å². The average molecular weight is 195 g/mol. The molecule has 0 spiro atoms. The molecule has 0 radical (unpaired) electrons. The van der Waals surface area contributed by atoms with Gasteiger partial charge < -0.3 is 14.6 Å². The van der Waals surface area contributed by atoms with Gasteiger partial charge in [-0.2, -0.15) is 0 Å². The lowest BCUT2D eigenvalue weighted by Gasteiger charge is -2.07. The molecule has 0 amide bonds. The van der Waals surface area contributed by atoms with Gasteiger partial charge in [0.25, 0.3) is 0 Å². The highest BCUT2D eigenvalue weighted by Gasteiger charge is 2.00. The zero-order chi connectivity index (χ0) is 9.23. The molecule has 3 nitrogen and oxygen atoms in total. The molecule has 0 saturated carbocycles. The van der Waals surface area contributed by atoms with E-state index in [-0.39, 0.29) is 12.5 Å². The van der Waals surface area contributed by atoms with Crippen molar-refractivity contribution in [2.45, 2.75) is 6.10 Å². The summed E-state index contributed by atoms with van der Waals surface area (Å²) >= 11 is 5.34. The van der Waals surface area contributed by atoms with Crippen LogP contribution in [-0.4, -0.2) is 43.5 Å². The van der Waals surface area contributed by atoms with Crippen LogP contribution in [0.5, 0.6) is 0 Å². The topological polar surface area (TPSA) is 38.7 Å². The molecule has 0 saturated heterocycles. The predicted molar refractivity (Wildman–Crippen MR) is 48.6 cm³/mol. The molecular weight excluding hydrogens is 180 g/mol. The van der Waals surface area contributed by atoms with Crippen molar-refractivity contribution in [2.24, 2.45) is 0 Å². The second-order valence-electron chi connectivity index (χ2n) is 2.25. The van der Waals surface area contributed by atoms with Crippen molar-refractivity contribution in [1.29, 1.82) is 0 Å². The van der Waals surface area contributed by atoms with Crippen LogP contribution in [0.3, 0.4) is 0 Å². The van der Waals surface area contributed by atoms with Crippen molar-refractivity contribution in [3.05, 3.63) is 12.7 Å². The zero-order valence-electron chi connectivity index (χ0n) is 7.04. The number of halogens is 1. The second kappa shape index (κ2) is 9.00. The third kappa shape index (κ3) is 8.01. The van der Waals surface area contributed by atoms with E-state index in [9.17, 15) is 0 Å². The Morgan fingerprint density at radius 1 is 1.42 bits per heavy atom. The van der Waals surface area contributed by atoms with Crippen LogP contribution in [0.1, 0.15) is 0 Å². The molecule has 0 heterocycles. The van der Waals surface area contributed by atoms with E-state index in [1.54, 1.807) is 6.08 Å². The summed E-state index contributed by atoms with van der Waals surface area (Å²) in [5.41, 5.74) is 0. The number of aliphatic hydroxyl groups excluding tert-OH is 1. The summed E-state index contributed by atoms with van der Waals surface area (Å²) in [6, 6.07) is 0. The van der Waals surface area contributed by atoms with E-state index in [1.165, 1.54) is 0 Å². The Hall–Kier alpha value is -0.0900. The first kappa shape index (κ1) is 11.9. The van der Waals surface area contributed by atoms with Gasteiger partial charge in [-0.05, 0) is 0 Å². The quantitative estimate of drug-likeness (QED) is 0.353. The molecule has 1 unspecified atom stereocenters. The van der Waals surface area contributed by atoms with Crippen LogP contribution < -0.4 is 0 Å². The summed E-state index contributed by atoms with van der Waals surface area (Å²) in [6.07, 6.45) is 1.10. The Morgan fingerprint density at radius 3 is 2.67 bits per heavy atom. The standard InChI is InChI=1S/C8H15ClO3/c1-2-3-11-4-5-12-7-8(10)6-9/h2,8,10H,1,3-7H2. The van der Waals surface area contributed by atoms with Gasteiger partial charge >= 0.3 is 0 Å². The first-order valence-corrected chi connectivity index (χ1v) is 4.35. The van der Waals surface area contributed by atoms with Gasteiger partial charge in [-0.25, -0.2) is 0 Å². The summed E-state index contributed by atoms with van der Waals surface area (Å²) in [7, 11) is 0. The smallest absolute Gasteiger partial charge is 0.0908 e. The van der Waals surface area contributed by atoms with Crippen molar-refractivity contribution in [3.63, 3.8) is 0 Å². The fraction of sp³-hybridized carbons (Fsp3) is 0.750. The fourth-order valence-corrected chi connectivity index (χ4v) is 0.638. The highest BCUT2D eigenvalue weighted by Crippen LogP contribution is 1.88. The van der Waals surface area contributed by atoms with Crippen LogP contribution in [-0.2, 0) is 9.47 Å². The summed E-state index contributed by atoms with van der Waals surface area (Å²) < 4.78 is 10.1. The van der Waals surface area contributed by atoms with Crippen LogP contribution >= 0.6 is 11.6 Å². The summed E-state index contributed by atoms with van der Waals surface area (Å²) in [5, 5.41) is 8.95. The van der Waals surface area contributed by atoms with Gasteiger partial charge in [0.2, 0.25) is 0 Å². The summed E-state index contributed by atoms with van der Waals surface area (Å²) in [4.78, 5) is 0. The van der Waals surface area contributed by atoms with E-state index in [0.717, 1.165) is 0 Å². The Kier molecular flexibility index (Phi) is 8.93. The zero-order valence-corrected chi connectivity index (χ0v) is 7.79. The van der Waals surface area contributed by atoms with E-state index in [4.69, 9.17) is 26.2 Å². The normalized spacial score (nSPS) is 12.8. The molecule has 0 aromatic heterocycles. The van der Waals surface area contributed by atoms with Gasteiger partial charge in [-0.1, -0.05) is 6.08 Å². The summed E-state index contributed by atoms with van der Waals surface area (Å²) in [5.74, 6) is 0.202. The maximum Gasteiger partial charge on any atom is 0.0908 e. The van der Waals surface area contributed by atoms with Crippen LogP contribution in [0, 0.1) is 0 Å². The predicted octanol–water partition coefficient (Wildman–Crippen LogP) is 0.805. The van der Waals surface area contributed by atoms with E-state index < -0.39 is 6.10 Å². The lowest BCUT2D eigenvalue weighted by molar-refractivity contribution is 0.0157. The van der Waals surface area contributed by atoms with Gasteiger partial charge in [0.15, 0.2) is 0 Å². The molecule has 72 valence electrons. The lowest BCUT2D eigenvalue weighted by Crippen LogP contribution is -2.18. The van der Waals surface area contributed by atoms with Gasteiger partial charge in [0.1, 0.15) is 0 Å². The maximum atomic E-state index is 8.95. The lowest BCUT2D eigenvalue weighted by atomic mass is 10.4. The maximum absolute atomic E-state index is 8.95. The Bertz CT molecular complexity index is 108. The number of hydrogen-bond donors (Lipinski definition) is 1. The molecule has 0 aromatic rings. The number of hydrogen-bond acceptors (Lipinski definition) is 3. The SMILES string of the molecule is C=CCOCCOCC(O)CCl. The van der Waals surface area contributed by atoms with E-state index in [2.05, 4.69) is 6.58 Å². The summed E-state index contributed by atoms with van der Waals surface area (Å²) in [6.45, 7) is 5.28. The number of ether oxygens (including phenoxy) is 2. The van der Waals surface area contributed by atoms with Crippen LogP contribution in [0.2, 0.25) is 0 Å². The first-order chi connectivity index (χ1) is 5.81. The molecule has 0 fully saturated rings. The van der Waals surface area contributed by atoms with Crippen LogP contribution in [0.25, 0.3) is 0 Å². The van der Waals surface area contributed by atoms with E-state index in [0.29, 0.717) is 19.8 Å².